The van der Waals surface area contributed by atoms with Crippen LogP contribution in [0.1, 0.15) is 43.4 Å². The molecule has 10 heteroatoms. The smallest absolute Gasteiger partial charge is 0.264 e. The summed E-state index contributed by atoms with van der Waals surface area (Å²) in [6, 6.07) is 18.0. The van der Waals surface area contributed by atoms with Crippen LogP contribution in [0.5, 0.6) is 11.5 Å². The Labute approximate surface area is 249 Å². The Morgan fingerprint density at radius 1 is 0.905 bits per heavy atom. The lowest BCUT2D eigenvalue weighted by Crippen LogP contribution is -2.52. The van der Waals surface area contributed by atoms with Crippen LogP contribution in [0.25, 0.3) is 0 Å². The van der Waals surface area contributed by atoms with Crippen molar-refractivity contribution in [3.63, 3.8) is 0 Å². The molecular formula is C32H41N3O6S. The summed E-state index contributed by atoms with van der Waals surface area (Å²) in [5, 5.41) is 2.90. The highest BCUT2D eigenvalue weighted by Gasteiger charge is 2.34. The highest BCUT2D eigenvalue weighted by molar-refractivity contribution is 7.92. The average molecular weight is 596 g/mol. The number of benzene rings is 3. The van der Waals surface area contributed by atoms with Crippen molar-refractivity contribution in [2.24, 2.45) is 0 Å². The zero-order valence-corrected chi connectivity index (χ0v) is 26.0. The van der Waals surface area contributed by atoms with E-state index in [1.807, 2.05) is 52.0 Å². The van der Waals surface area contributed by atoms with Crippen molar-refractivity contribution in [2.45, 2.75) is 58.0 Å². The first-order valence-electron chi connectivity index (χ1n) is 14.0. The van der Waals surface area contributed by atoms with Gasteiger partial charge in [0, 0.05) is 19.2 Å². The van der Waals surface area contributed by atoms with Gasteiger partial charge >= 0.3 is 0 Å². The molecule has 3 aromatic carbocycles. The maximum atomic E-state index is 14.2. The van der Waals surface area contributed by atoms with Crippen molar-refractivity contribution in [1.82, 2.24) is 10.2 Å². The van der Waals surface area contributed by atoms with Crippen molar-refractivity contribution in [3.8, 4) is 11.5 Å². The molecule has 0 saturated heterocycles. The van der Waals surface area contributed by atoms with Gasteiger partial charge < -0.3 is 19.7 Å². The number of hydrogen-bond acceptors (Lipinski definition) is 6. The molecule has 9 nitrogen and oxygen atoms in total. The molecule has 1 N–H and O–H groups in total. The zero-order chi connectivity index (χ0) is 30.9. The molecule has 0 fully saturated rings. The minimum atomic E-state index is -4.20. The summed E-state index contributed by atoms with van der Waals surface area (Å²) < 4.78 is 40.0. The van der Waals surface area contributed by atoms with Crippen LogP contribution in [0.2, 0.25) is 0 Å². The number of methoxy groups -OCH3 is 2. The predicted molar refractivity (Wildman–Crippen MR) is 164 cm³/mol. The topological polar surface area (TPSA) is 105 Å². The summed E-state index contributed by atoms with van der Waals surface area (Å²) in [7, 11) is -1.26. The van der Waals surface area contributed by atoms with Crippen LogP contribution in [0.4, 0.5) is 5.69 Å². The molecule has 226 valence electrons. The molecule has 0 heterocycles. The third-order valence-electron chi connectivity index (χ3n) is 7.08. The highest BCUT2D eigenvalue weighted by Crippen LogP contribution is 2.34. The molecule has 42 heavy (non-hydrogen) atoms. The molecule has 0 aliphatic rings. The van der Waals surface area contributed by atoms with Gasteiger partial charge in [0.2, 0.25) is 11.8 Å². The maximum absolute atomic E-state index is 14.2. The Balaban J connectivity index is 2.12. The Morgan fingerprint density at radius 2 is 1.57 bits per heavy atom. The summed E-state index contributed by atoms with van der Waals surface area (Å²) in [6.07, 6.45) is 1.10. The van der Waals surface area contributed by atoms with E-state index in [2.05, 4.69) is 5.32 Å². The van der Waals surface area contributed by atoms with E-state index in [1.165, 1.54) is 37.3 Å². The van der Waals surface area contributed by atoms with Crippen LogP contribution < -0.4 is 19.1 Å². The van der Waals surface area contributed by atoms with Crippen LogP contribution in [-0.4, -0.2) is 58.5 Å². The van der Waals surface area contributed by atoms with E-state index in [0.717, 1.165) is 27.4 Å². The van der Waals surface area contributed by atoms with E-state index in [1.54, 1.807) is 24.3 Å². The van der Waals surface area contributed by atoms with E-state index >= 15 is 0 Å². The molecule has 1 unspecified atom stereocenters. The van der Waals surface area contributed by atoms with Gasteiger partial charge in [-0.15, -0.1) is 0 Å². The second-order valence-electron chi connectivity index (χ2n) is 10.0. The number of nitrogens with zero attached hydrogens (tertiary/aromatic N) is 2. The average Bonchev–Trinajstić information content (AvgIpc) is 2.99. The van der Waals surface area contributed by atoms with Gasteiger partial charge in [-0.05, 0) is 62.1 Å². The molecule has 0 aromatic heterocycles. The third kappa shape index (κ3) is 7.61. The Bertz CT molecular complexity index is 1470. The van der Waals surface area contributed by atoms with E-state index in [0.29, 0.717) is 24.5 Å². The Morgan fingerprint density at radius 3 is 2.17 bits per heavy atom. The van der Waals surface area contributed by atoms with Gasteiger partial charge in [-0.2, -0.15) is 0 Å². The van der Waals surface area contributed by atoms with Crippen molar-refractivity contribution in [2.75, 3.05) is 31.6 Å². The van der Waals surface area contributed by atoms with Crippen LogP contribution in [0.15, 0.2) is 71.6 Å². The fourth-order valence-electron chi connectivity index (χ4n) is 4.60. The Hall–Kier alpha value is -4.05. The normalized spacial score (nSPS) is 11.9. The molecule has 0 aliphatic heterocycles. The predicted octanol–water partition coefficient (Wildman–Crippen LogP) is 4.85. The number of amides is 2. The highest BCUT2D eigenvalue weighted by atomic mass is 32.2. The number of carbonyl (C=O) groups excluding carboxylic acids is 2. The van der Waals surface area contributed by atoms with Crippen LogP contribution in [0, 0.1) is 13.8 Å². The van der Waals surface area contributed by atoms with Crippen molar-refractivity contribution in [3.05, 3.63) is 83.4 Å². The number of hydrogen-bond donors (Lipinski definition) is 1. The summed E-state index contributed by atoms with van der Waals surface area (Å²) in [5.41, 5.74) is 2.95. The molecule has 0 aliphatic carbocycles. The molecule has 3 rings (SSSR count). The molecule has 0 spiro atoms. The number of aryl methyl sites for hydroxylation is 2. The Kier molecular flexibility index (Phi) is 11.4. The fraction of sp³-hybridized carbons (Fsp3) is 0.375. The lowest BCUT2D eigenvalue weighted by atomic mass is 10.1. The van der Waals surface area contributed by atoms with Crippen LogP contribution in [0.3, 0.4) is 0 Å². The minimum absolute atomic E-state index is 0.0360. The van der Waals surface area contributed by atoms with Crippen LogP contribution in [-0.2, 0) is 26.2 Å². The number of sulfonamides is 1. The standard InChI is InChI=1S/C32H41N3O6S/c1-7-19-33-32(37)28(8-2)34(21-25-12-10-9-11-24(25)4)31(36)22-35(26-15-18-29(40-5)30(20-26)41-6)42(38,39)27-16-13-23(3)14-17-27/h9-18,20,28H,7-8,19,21-22H2,1-6H3,(H,33,37). The number of ether oxygens (including phenoxy) is 2. The van der Waals surface area contributed by atoms with Gasteiger partial charge in [0.1, 0.15) is 12.6 Å². The van der Waals surface area contributed by atoms with E-state index < -0.39 is 28.5 Å². The molecule has 0 bridgehead atoms. The molecule has 0 saturated carbocycles. The van der Waals surface area contributed by atoms with E-state index in [-0.39, 0.29) is 23.0 Å². The monoisotopic (exact) mass is 595 g/mol. The second-order valence-corrected chi connectivity index (χ2v) is 11.9. The lowest BCUT2D eigenvalue weighted by Gasteiger charge is -2.33. The first-order valence-corrected chi connectivity index (χ1v) is 15.4. The summed E-state index contributed by atoms with van der Waals surface area (Å²) in [5.74, 6) is -0.0589. The SMILES string of the molecule is CCCNC(=O)C(CC)N(Cc1ccccc1C)C(=O)CN(c1ccc(OC)c(OC)c1)S(=O)(=O)c1ccc(C)cc1. The maximum Gasteiger partial charge on any atom is 0.264 e. The summed E-state index contributed by atoms with van der Waals surface area (Å²) in [6.45, 7) is 7.68. The van der Waals surface area contributed by atoms with Gasteiger partial charge in [-0.25, -0.2) is 8.42 Å². The first kappa shape index (κ1) is 32.5. The molecular weight excluding hydrogens is 554 g/mol. The lowest BCUT2D eigenvalue weighted by molar-refractivity contribution is -0.140. The van der Waals surface area contributed by atoms with Gasteiger partial charge in [0.15, 0.2) is 11.5 Å². The third-order valence-corrected chi connectivity index (χ3v) is 8.87. The van der Waals surface area contributed by atoms with Gasteiger partial charge in [0.05, 0.1) is 24.8 Å². The molecule has 2 amide bonds. The number of nitrogens with one attached hydrogen (secondary N) is 1. The second kappa shape index (κ2) is 14.7. The van der Waals surface area contributed by atoms with Crippen molar-refractivity contribution < 1.29 is 27.5 Å². The zero-order valence-electron chi connectivity index (χ0n) is 25.2. The number of anilines is 1. The van der Waals surface area contributed by atoms with Gasteiger partial charge in [-0.1, -0.05) is 55.8 Å². The largest absolute Gasteiger partial charge is 0.493 e. The number of rotatable bonds is 14. The van der Waals surface area contributed by atoms with Crippen molar-refractivity contribution >= 4 is 27.5 Å². The molecule has 3 aromatic rings. The van der Waals surface area contributed by atoms with Gasteiger partial charge in [-0.3, -0.25) is 13.9 Å². The van der Waals surface area contributed by atoms with Gasteiger partial charge in [0.25, 0.3) is 10.0 Å². The van der Waals surface area contributed by atoms with Crippen LogP contribution >= 0.6 is 0 Å². The number of carbonyl (C=O) groups is 2. The quantitative estimate of drug-likeness (QED) is 0.286. The minimum Gasteiger partial charge on any atom is -0.493 e. The van der Waals surface area contributed by atoms with E-state index in [4.69, 9.17) is 9.47 Å². The van der Waals surface area contributed by atoms with E-state index in [9.17, 15) is 18.0 Å². The molecule has 1 atom stereocenters. The van der Waals surface area contributed by atoms with Crippen molar-refractivity contribution in [1.29, 1.82) is 0 Å². The summed E-state index contributed by atoms with van der Waals surface area (Å²) >= 11 is 0. The first-order chi connectivity index (χ1) is 20.1. The fourth-order valence-corrected chi connectivity index (χ4v) is 6.01. The summed E-state index contributed by atoms with van der Waals surface area (Å²) in [4.78, 5) is 29.0. The molecule has 0 radical (unpaired) electrons.